The number of halogens is 1. The maximum atomic E-state index is 12.6. The molecule has 132 valence electrons. The predicted octanol–water partition coefficient (Wildman–Crippen LogP) is 2.87. The molecule has 3 rings (SSSR count). The monoisotopic (exact) mass is 367 g/mol. The Kier molecular flexibility index (Phi) is 5.39. The van der Waals surface area contributed by atoms with Crippen molar-refractivity contribution in [1.82, 2.24) is 4.68 Å². The van der Waals surface area contributed by atoms with E-state index in [1.807, 2.05) is 36.4 Å². The van der Waals surface area contributed by atoms with Crippen LogP contribution in [0, 0.1) is 0 Å². The van der Waals surface area contributed by atoms with Crippen LogP contribution in [0.4, 0.5) is 0 Å². The molecule has 0 saturated heterocycles. The van der Waals surface area contributed by atoms with Crippen LogP contribution in [-0.2, 0) is 11.2 Å². The molecular formula is C20H16ClN2O3-. The van der Waals surface area contributed by atoms with Crippen molar-refractivity contribution >= 4 is 23.5 Å². The lowest BCUT2D eigenvalue weighted by molar-refractivity contribution is -0.305. The van der Waals surface area contributed by atoms with Gasteiger partial charge in [0.1, 0.15) is 0 Å². The largest absolute Gasteiger partial charge is 0.550 e. The average molecular weight is 368 g/mol. The molecule has 0 bridgehead atoms. The van der Waals surface area contributed by atoms with Crippen LogP contribution >= 0.6 is 11.6 Å². The van der Waals surface area contributed by atoms with Crippen molar-refractivity contribution in [3.05, 3.63) is 83.0 Å². The zero-order chi connectivity index (χ0) is 18.5. The molecule has 1 heterocycles. The molecule has 0 saturated carbocycles. The first-order valence-corrected chi connectivity index (χ1v) is 8.45. The minimum absolute atomic E-state index is 0.130. The Morgan fingerprint density at radius 3 is 2.31 bits per heavy atom. The number of carboxylic acid groups (broad SMARTS) is 1. The van der Waals surface area contributed by atoms with Crippen LogP contribution in [0.25, 0.3) is 11.3 Å². The summed E-state index contributed by atoms with van der Waals surface area (Å²) in [6.07, 6.45) is 0.116. The molecule has 6 heteroatoms. The van der Waals surface area contributed by atoms with Gasteiger partial charge in [-0.05, 0) is 49.2 Å². The van der Waals surface area contributed by atoms with E-state index >= 15 is 0 Å². The van der Waals surface area contributed by atoms with Gasteiger partial charge in [-0.2, -0.15) is 0 Å². The highest BCUT2D eigenvalue weighted by Gasteiger charge is 2.14. The summed E-state index contributed by atoms with van der Waals surface area (Å²) >= 11 is 5.86. The normalized spacial score (nSPS) is 10.5. The van der Waals surface area contributed by atoms with E-state index in [-0.39, 0.29) is 18.7 Å². The summed E-state index contributed by atoms with van der Waals surface area (Å²) in [5.74, 6) is -1.45. The molecular weight excluding hydrogens is 352 g/mol. The molecule has 0 atom stereocenters. The molecule has 1 N–H and O–H groups in total. The Morgan fingerprint density at radius 2 is 1.65 bits per heavy atom. The predicted molar refractivity (Wildman–Crippen MR) is 98.3 cm³/mol. The third-order valence-electron chi connectivity index (χ3n) is 3.94. The highest BCUT2D eigenvalue weighted by molar-refractivity contribution is 6.30. The fourth-order valence-corrected chi connectivity index (χ4v) is 2.76. The first-order chi connectivity index (χ1) is 12.5. The number of benzene rings is 2. The van der Waals surface area contributed by atoms with E-state index < -0.39 is 5.97 Å². The van der Waals surface area contributed by atoms with E-state index in [2.05, 4.69) is 5.43 Å². The van der Waals surface area contributed by atoms with E-state index in [4.69, 9.17) is 11.6 Å². The van der Waals surface area contributed by atoms with Gasteiger partial charge in [0.25, 0.3) is 5.91 Å². The van der Waals surface area contributed by atoms with Crippen LogP contribution < -0.4 is 10.5 Å². The number of carbonyl (C=O) groups is 2. The lowest BCUT2D eigenvalue weighted by Gasteiger charge is -2.15. The number of nitrogens with zero attached hydrogens (tertiary/aromatic N) is 1. The van der Waals surface area contributed by atoms with Crippen molar-refractivity contribution in [3.63, 3.8) is 0 Å². The second-order valence-electron chi connectivity index (χ2n) is 5.73. The highest BCUT2D eigenvalue weighted by atomic mass is 35.5. The minimum atomic E-state index is -1.14. The first kappa shape index (κ1) is 17.8. The molecule has 0 radical (unpaired) electrons. The van der Waals surface area contributed by atoms with Gasteiger partial charge in [0.2, 0.25) is 0 Å². The summed E-state index contributed by atoms with van der Waals surface area (Å²) < 4.78 is 1.62. The molecule has 3 aromatic rings. The number of amides is 1. The van der Waals surface area contributed by atoms with Crippen molar-refractivity contribution in [2.75, 3.05) is 5.43 Å². The molecule has 0 fully saturated rings. The van der Waals surface area contributed by atoms with Gasteiger partial charge in [-0.3, -0.25) is 14.9 Å². The van der Waals surface area contributed by atoms with Crippen molar-refractivity contribution in [1.29, 1.82) is 0 Å². The third-order valence-corrected chi connectivity index (χ3v) is 4.19. The van der Waals surface area contributed by atoms with Gasteiger partial charge in [-0.1, -0.05) is 41.9 Å². The summed E-state index contributed by atoms with van der Waals surface area (Å²) in [7, 11) is 0. The number of rotatable bonds is 6. The topological polar surface area (TPSA) is 74.2 Å². The van der Waals surface area contributed by atoms with Crippen molar-refractivity contribution in [2.45, 2.75) is 12.8 Å². The molecule has 0 aliphatic carbocycles. The van der Waals surface area contributed by atoms with Gasteiger partial charge in [0, 0.05) is 27.8 Å². The fraction of sp³-hybridized carbons (Fsp3) is 0.100. The first-order valence-electron chi connectivity index (χ1n) is 8.07. The minimum Gasteiger partial charge on any atom is -0.550 e. The summed E-state index contributed by atoms with van der Waals surface area (Å²) in [6.45, 7) is 0. The SMILES string of the molecule is O=C([O-])CCc1ccc(-c2ccccc2)n1NC(=O)c1ccc(Cl)cc1. The van der Waals surface area contributed by atoms with Gasteiger partial charge in [0.05, 0.1) is 5.69 Å². The molecule has 5 nitrogen and oxygen atoms in total. The number of hydrogen-bond donors (Lipinski definition) is 1. The van der Waals surface area contributed by atoms with Crippen LogP contribution in [0.5, 0.6) is 0 Å². The van der Waals surface area contributed by atoms with E-state index in [1.165, 1.54) is 0 Å². The van der Waals surface area contributed by atoms with Crippen LogP contribution in [0.15, 0.2) is 66.7 Å². The Balaban J connectivity index is 1.94. The molecule has 1 amide bonds. The molecule has 0 aliphatic rings. The van der Waals surface area contributed by atoms with Crippen LogP contribution in [0.3, 0.4) is 0 Å². The molecule has 0 unspecified atom stereocenters. The van der Waals surface area contributed by atoms with Crippen molar-refractivity contribution in [3.8, 4) is 11.3 Å². The lowest BCUT2D eigenvalue weighted by Crippen LogP contribution is -2.27. The maximum Gasteiger partial charge on any atom is 0.270 e. The van der Waals surface area contributed by atoms with Gasteiger partial charge in [-0.15, -0.1) is 0 Å². The van der Waals surface area contributed by atoms with E-state index in [0.29, 0.717) is 16.3 Å². The summed E-state index contributed by atoms with van der Waals surface area (Å²) in [6, 6.07) is 19.7. The third kappa shape index (κ3) is 4.13. The zero-order valence-electron chi connectivity index (χ0n) is 13.8. The van der Waals surface area contributed by atoms with Crippen LogP contribution in [0.1, 0.15) is 22.5 Å². The van der Waals surface area contributed by atoms with E-state index in [1.54, 1.807) is 35.0 Å². The lowest BCUT2D eigenvalue weighted by atomic mass is 10.2. The van der Waals surface area contributed by atoms with Gasteiger partial charge < -0.3 is 9.90 Å². The number of carboxylic acids is 1. The second kappa shape index (κ2) is 7.89. The van der Waals surface area contributed by atoms with Crippen LogP contribution in [0.2, 0.25) is 5.02 Å². The number of aryl methyl sites for hydroxylation is 1. The summed E-state index contributed by atoms with van der Waals surface area (Å²) in [5, 5.41) is 11.4. The molecule has 1 aromatic heterocycles. The number of hydrogen-bond acceptors (Lipinski definition) is 3. The quantitative estimate of drug-likeness (QED) is 0.728. The van der Waals surface area contributed by atoms with Gasteiger partial charge >= 0.3 is 0 Å². The van der Waals surface area contributed by atoms with Crippen molar-refractivity contribution < 1.29 is 14.7 Å². The standard InChI is InChI=1S/C20H17ClN2O3/c21-16-8-6-15(7-9-16)20(26)22-23-17(11-13-19(24)25)10-12-18(23)14-4-2-1-3-5-14/h1-10,12H,11,13H2,(H,22,26)(H,24,25)/p-1. The highest BCUT2D eigenvalue weighted by Crippen LogP contribution is 2.22. The Bertz CT molecular complexity index is 918. The van der Waals surface area contributed by atoms with E-state index in [0.717, 1.165) is 11.3 Å². The number of aromatic nitrogens is 1. The number of carbonyl (C=O) groups excluding carboxylic acids is 2. The van der Waals surface area contributed by atoms with Gasteiger partial charge in [-0.25, -0.2) is 0 Å². The van der Waals surface area contributed by atoms with Gasteiger partial charge in [0.15, 0.2) is 0 Å². The number of nitrogens with one attached hydrogen (secondary N) is 1. The number of aliphatic carboxylic acids is 1. The summed E-state index contributed by atoms with van der Waals surface area (Å²) in [5.41, 5.74) is 5.64. The van der Waals surface area contributed by atoms with Crippen LogP contribution in [-0.4, -0.2) is 16.6 Å². The van der Waals surface area contributed by atoms with Crippen molar-refractivity contribution in [2.24, 2.45) is 0 Å². The Labute approximate surface area is 155 Å². The Hall–Kier alpha value is -3.05. The average Bonchev–Trinajstić information content (AvgIpc) is 3.03. The fourth-order valence-electron chi connectivity index (χ4n) is 2.64. The summed E-state index contributed by atoms with van der Waals surface area (Å²) in [4.78, 5) is 23.4. The molecule has 26 heavy (non-hydrogen) atoms. The molecule has 2 aromatic carbocycles. The van der Waals surface area contributed by atoms with E-state index in [9.17, 15) is 14.7 Å². The second-order valence-corrected chi connectivity index (χ2v) is 6.17. The zero-order valence-corrected chi connectivity index (χ0v) is 14.6. The Morgan fingerprint density at radius 1 is 0.962 bits per heavy atom. The molecule has 0 spiro atoms. The molecule has 0 aliphatic heterocycles. The smallest absolute Gasteiger partial charge is 0.270 e. The maximum absolute atomic E-state index is 12.6.